The molecule has 2 aromatic rings. The van der Waals surface area contributed by atoms with E-state index in [2.05, 4.69) is 15.6 Å². The predicted octanol–water partition coefficient (Wildman–Crippen LogP) is 3.36. The summed E-state index contributed by atoms with van der Waals surface area (Å²) in [4.78, 5) is 18.3. The first-order valence-electron chi connectivity index (χ1n) is 9.50. The number of amidine groups is 1. The van der Waals surface area contributed by atoms with Gasteiger partial charge in [-0.2, -0.15) is 10.6 Å². The van der Waals surface area contributed by atoms with Crippen molar-refractivity contribution < 1.29 is 18.3 Å². The summed E-state index contributed by atoms with van der Waals surface area (Å²) in [6, 6.07) is 7.05. The van der Waals surface area contributed by atoms with Crippen molar-refractivity contribution in [2.45, 2.75) is 17.2 Å². The molecule has 1 atom stereocenters. The zero-order valence-electron chi connectivity index (χ0n) is 16.9. The molecule has 2 fully saturated rings. The Labute approximate surface area is 185 Å². The van der Waals surface area contributed by atoms with Crippen molar-refractivity contribution in [3.63, 3.8) is 0 Å². The van der Waals surface area contributed by atoms with Crippen LogP contribution in [0.25, 0.3) is 0 Å². The highest BCUT2D eigenvalue weighted by molar-refractivity contribution is 8.26. The van der Waals surface area contributed by atoms with Crippen LogP contribution >= 0.6 is 22.2 Å². The van der Waals surface area contributed by atoms with Gasteiger partial charge >= 0.3 is 0 Å². The zero-order valence-corrected chi connectivity index (χ0v) is 18.5. The molecule has 5 N–H and O–H groups in total. The van der Waals surface area contributed by atoms with Crippen LogP contribution in [0, 0.1) is 11.2 Å². The molecule has 1 aromatic heterocycles. The van der Waals surface area contributed by atoms with Crippen molar-refractivity contribution in [2.75, 3.05) is 31.2 Å². The van der Waals surface area contributed by atoms with Crippen molar-refractivity contribution in [1.29, 1.82) is 5.41 Å². The third-order valence-corrected chi connectivity index (χ3v) is 8.72. The maximum absolute atomic E-state index is 14.8. The fraction of sp³-hybridized carbons (Fsp3) is 0.350. The lowest BCUT2D eigenvalue weighted by Crippen LogP contribution is -2.75. The van der Waals surface area contributed by atoms with Crippen LogP contribution < -0.4 is 10.6 Å². The molecule has 2 aliphatic rings. The first-order valence-corrected chi connectivity index (χ1v) is 11.6. The van der Waals surface area contributed by atoms with Crippen molar-refractivity contribution >= 4 is 39.6 Å². The van der Waals surface area contributed by atoms with Gasteiger partial charge < -0.3 is 15.5 Å². The molecule has 1 spiro atoms. The minimum Gasteiger partial charge on any atom is -0.361 e. The standard InChI is InChI=1S/C20H23ClFN5O3S/c1-19(11-31(29,30)20(18(23)26-19)9-27(2)10-20)14-7-13(4-5-15(14)22)25-17(28)16-6-3-12(21)8-24-16/h3-8,29-30H,9-11H2,1-2H3,(H2,23,26)(H,25,28)/t19-/m0/s1. The van der Waals surface area contributed by atoms with E-state index in [9.17, 15) is 18.3 Å². The molecule has 4 rings (SSSR count). The van der Waals surface area contributed by atoms with E-state index >= 15 is 0 Å². The van der Waals surface area contributed by atoms with Gasteiger partial charge in [0, 0.05) is 30.5 Å². The van der Waals surface area contributed by atoms with Gasteiger partial charge in [-0.05, 0) is 44.3 Å². The van der Waals surface area contributed by atoms with E-state index < -0.39 is 32.6 Å². The number of amides is 1. The second-order valence-corrected chi connectivity index (χ2v) is 11.2. The number of aromatic nitrogens is 1. The van der Waals surface area contributed by atoms with Crippen LogP contribution in [0.15, 0.2) is 36.5 Å². The summed E-state index contributed by atoms with van der Waals surface area (Å²) in [5.41, 5.74) is -0.655. The van der Waals surface area contributed by atoms with Gasteiger partial charge in [-0.15, -0.1) is 0 Å². The molecule has 166 valence electrons. The van der Waals surface area contributed by atoms with Gasteiger partial charge in [-0.3, -0.25) is 19.3 Å². The van der Waals surface area contributed by atoms with E-state index in [1.807, 2.05) is 11.9 Å². The van der Waals surface area contributed by atoms with Gasteiger partial charge in [0.1, 0.15) is 22.1 Å². The summed E-state index contributed by atoms with van der Waals surface area (Å²) in [5.74, 6) is -1.24. The van der Waals surface area contributed by atoms with Gasteiger partial charge in [0.25, 0.3) is 5.91 Å². The molecule has 1 amide bonds. The topological polar surface area (TPSA) is 122 Å². The maximum atomic E-state index is 14.8. The molecule has 0 unspecified atom stereocenters. The average Bonchev–Trinajstić information content (AvgIpc) is 2.65. The zero-order chi connectivity index (χ0) is 22.6. The van der Waals surface area contributed by atoms with Crippen molar-refractivity contribution in [2.24, 2.45) is 0 Å². The Morgan fingerprint density at radius 2 is 2.06 bits per heavy atom. The second kappa shape index (κ2) is 7.42. The lowest BCUT2D eigenvalue weighted by molar-refractivity contribution is 0.102. The van der Waals surface area contributed by atoms with Crippen LogP contribution in [0.5, 0.6) is 0 Å². The fourth-order valence-corrected chi connectivity index (χ4v) is 6.85. The molecular weight excluding hydrogens is 445 g/mol. The first-order chi connectivity index (χ1) is 14.5. The number of likely N-dealkylation sites (tertiary alicyclic amines) is 1. The van der Waals surface area contributed by atoms with E-state index in [1.54, 1.807) is 6.92 Å². The quantitative estimate of drug-likeness (QED) is 0.472. The minimum atomic E-state index is -3.23. The third-order valence-electron chi connectivity index (χ3n) is 5.80. The van der Waals surface area contributed by atoms with Crippen molar-refractivity contribution in [3.8, 4) is 0 Å². The number of carbonyl (C=O) groups excluding carboxylic acids is 1. The monoisotopic (exact) mass is 467 g/mol. The van der Waals surface area contributed by atoms with Crippen molar-refractivity contribution in [3.05, 3.63) is 58.6 Å². The van der Waals surface area contributed by atoms with E-state index in [0.29, 0.717) is 23.8 Å². The molecular formula is C20H23ClFN5O3S. The molecule has 3 heterocycles. The Kier molecular flexibility index (Phi) is 5.26. The SMILES string of the molecule is CN1CC2(C1)C(=N)N[C@](C)(c1cc(NC(=O)c3ccc(Cl)cn3)ccc1F)CS2(O)O. The first kappa shape index (κ1) is 22.0. The molecule has 1 aromatic carbocycles. The number of anilines is 1. The summed E-state index contributed by atoms with van der Waals surface area (Å²) in [7, 11) is -1.39. The summed E-state index contributed by atoms with van der Waals surface area (Å²) in [6.45, 7) is 2.32. The number of nitrogens with one attached hydrogen (secondary N) is 3. The number of rotatable bonds is 3. The third kappa shape index (κ3) is 3.68. The largest absolute Gasteiger partial charge is 0.361 e. The van der Waals surface area contributed by atoms with Crippen molar-refractivity contribution in [1.82, 2.24) is 15.2 Å². The Morgan fingerprint density at radius 1 is 1.35 bits per heavy atom. The highest BCUT2D eigenvalue weighted by Crippen LogP contribution is 2.61. The normalized spacial score (nSPS) is 25.4. The van der Waals surface area contributed by atoms with E-state index in [0.717, 1.165) is 0 Å². The van der Waals surface area contributed by atoms with Gasteiger partial charge in [0.2, 0.25) is 0 Å². The molecule has 0 radical (unpaired) electrons. The highest BCUT2D eigenvalue weighted by Gasteiger charge is 2.61. The Bertz CT molecular complexity index is 1060. The summed E-state index contributed by atoms with van der Waals surface area (Å²) < 4.78 is 35.6. The van der Waals surface area contributed by atoms with Gasteiger partial charge in [-0.25, -0.2) is 9.37 Å². The number of benzene rings is 1. The summed E-state index contributed by atoms with van der Waals surface area (Å²) in [5, 5.41) is 14.5. The summed E-state index contributed by atoms with van der Waals surface area (Å²) in [6.07, 6.45) is 1.35. The molecule has 0 aliphatic carbocycles. The lowest BCUT2D eigenvalue weighted by atomic mass is 9.89. The number of hydrogen-bond donors (Lipinski definition) is 5. The van der Waals surface area contributed by atoms with Crippen LogP contribution in [0.4, 0.5) is 10.1 Å². The average molecular weight is 468 g/mol. The highest BCUT2D eigenvalue weighted by atomic mass is 35.5. The number of nitrogens with zero attached hydrogens (tertiary/aromatic N) is 2. The Morgan fingerprint density at radius 3 is 2.65 bits per heavy atom. The van der Waals surface area contributed by atoms with Crippen LogP contribution in [-0.4, -0.2) is 61.4 Å². The molecule has 2 saturated heterocycles. The Hall–Kier alpha value is -2.24. The maximum Gasteiger partial charge on any atom is 0.274 e. The molecule has 0 saturated carbocycles. The van der Waals surface area contributed by atoms with Crippen LogP contribution in [0.3, 0.4) is 0 Å². The molecule has 11 heteroatoms. The summed E-state index contributed by atoms with van der Waals surface area (Å²) >= 11 is 5.79. The minimum absolute atomic E-state index is 0.0152. The number of halogens is 2. The smallest absolute Gasteiger partial charge is 0.274 e. The van der Waals surface area contributed by atoms with Crippen LogP contribution in [-0.2, 0) is 5.54 Å². The molecule has 0 bridgehead atoms. The van der Waals surface area contributed by atoms with E-state index in [4.69, 9.17) is 17.0 Å². The molecule has 8 nitrogen and oxygen atoms in total. The van der Waals surface area contributed by atoms with Gasteiger partial charge in [0.15, 0.2) is 0 Å². The van der Waals surface area contributed by atoms with Crippen LogP contribution in [0.1, 0.15) is 23.0 Å². The van der Waals surface area contributed by atoms with Gasteiger partial charge in [-0.1, -0.05) is 11.6 Å². The van der Waals surface area contributed by atoms with Crippen LogP contribution in [0.2, 0.25) is 5.02 Å². The molecule has 2 aliphatic heterocycles. The van der Waals surface area contributed by atoms with E-state index in [-0.39, 0.29) is 22.8 Å². The Balaban J connectivity index is 1.61. The lowest BCUT2D eigenvalue weighted by Gasteiger charge is -2.64. The molecule has 31 heavy (non-hydrogen) atoms. The number of pyridine rings is 1. The second-order valence-electron chi connectivity index (χ2n) is 8.32. The predicted molar refractivity (Wildman–Crippen MR) is 120 cm³/mol. The van der Waals surface area contributed by atoms with E-state index in [1.165, 1.54) is 36.5 Å². The van der Waals surface area contributed by atoms with Gasteiger partial charge in [0.05, 0.1) is 16.3 Å². The number of hydrogen-bond acceptors (Lipinski definition) is 6. The number of carbonyl (C=O) groups is 1. The fourth-order valence-electron chi connectivity index (χ4n) is 4.20.